The van der Waals surface area contributed by atoms with E-state index in [4.69, 9.17) is 9.29 Å². The van der Waals surface area contributed by atoms with Crippen molar-refractivity contribution in [1.29, 1.82) is 0 Å². The number of nitrogens with one attached hydrogen (secondary N) is 1. The van der Waals surface area contributed by atoms with Gasteiger partial charge in [0.2, 0.25) is 0 Å². The van der Waals surface area contributed by atoms with Crippen molar-refractivity contribution in [3.05, 3.63) is 29.8 Å². The van der Waals surface area contributed by atoms with Crippen molar-refractivity contribution in [1.82, 2.24) is 5.32 Å². The van der Waals surface area contributed by atoms with Crippen molar-refractivity contribution in [2.75, 3.05) is 19.4 Å². The highest BCUT2D eigenvalue weighted by molar-refractivity contribution is 7.85. The highest BCUT2D eigenvalue weighted by Gasteiger charge is 2.19. The van der Waals surface area contributed by atoms with Gasteiger partial charge in [-0.3, -0.25) is 4.55 Å². The molecule has 0 amide bonds. The van der Waals surface area contributed by atoms with Crippen molar-refractivity contribution in [2.45, 2.75) is 32.2 Å². The Bertz CT molecular complexity index is 526. The molecule has 0 atom stereocenters. The van der Waals surface area contributed by atoms with Crippen LogP contribution in [0.4, 0.5) is 0 Å². The van der Waals surface area contributed by atoms with Crippen molar-refractivity contribution >= 4 is 10.1 Å². The van der Waals surface area contributed by atoms with Gasteiger partial charge in [-0.15, -0.1) is 0 Å². The molecule has 0 saturated carbocycles. The van der Waals surface area contributed by atoms with E-state index in [9.17, 15) is 8.42 Å². The lowest BCUT2D eigenvalue weighted by molar-refractivity contribution is 0.368. The molecule has 0 unspecified atom stereocenters. The first kappa shape index (κ1) is 16.9. The average Bonchev–Trinajstić information content (AvgIpc) is 2.34. The Morgan fingerprint density at radius 3 is 2.55 bits per heavy atom. The quantitative estimate of drug-likeness (QED) is 0.566. The van der Waals surface area contributed by atoms with Crippen molar-refractivity contribution in [3.8, 4) is 5.75 Å². The van der Waals surface area contributed by atoms with Gasteiger partial charge in [0.1, 0.15) is 5.75 Å². The molecular weight excluding hydrogens is 278 g/mol. The fourth-order valence-electron chi connectivity index (χ4n) is 2.07. The van der Waals surface area contributed by atoms with Crippen LogP contribution < -0.4 is 10.1 Å². The molecule has 5 nitrogen and oxygen atoms in total. The first-order valence-electron chi connectivity index (χ1n) is 6.55. The van der Waals surface area contributed by atoms with Gasteiger partial charge in [-0.1, -0.05) is 18.2 Å². The van der Waals surface area contributed by atoms with Gasteiger partial charge >= 0.3 is 0 Å². The average molecular weight is 301 g/mol. The summed E-state index contributed by atoms with van der Waals surface area (Å²) in [6, 6.07) is 7.82. The first-order chi connectivity index (χ1) is 9.23. The zero-order valence-corrected chi connectivity index (χ0v) is 13.0. The Balaban J connectivity index is 2.52. The molecule has 0 fully saturated rings. The van der Waals surface area contributed by atoms with Crippen LogP contribution in [0.5, 0.6) is 5.75 Å². The van der Waals surface area contributed by atoms with Crippen LogP contribution in [-0.2, 0) is 16.5 Å². The molecule has 0 aliphatic carbocycles. The number of hydrogen-bond donors (Lipinski definition) is 2. The van der Waals surface area contributed by atoms with E-state index < -0.39 is 10.1 Å². The summed E-state index contributed by atoms with van der Waals surface area (Å²) < 4.78 is 35.3. The molecule has 1 aromatic rings. The number of para-hydroxylation sites is 1. The second-order valence-corrected chi connectivity index (χ2v) is 7.01. The van der Waals surface area contributed by atoms with Crippen LogP contribution in [0, 0.1) is 0 Å². The summed E-state index contributed by atoms with van der Waals surface area (Å²) in [5.41, 5.74) is 0.913. The van der Waals surface area contributed by atoms with Crippen LogP contribution in [0.2, 0.25) is 0 Å². The smallest absolute Gasteiger partial charge is 0.264 e. The Labute approximate surface area is 121 Å². The minimum atomic E-state index is -3.87. The fourth-order valence-corrected chi connectivity index (χ4v) is 2.58. The van der Waals surface area contributed by atoms with E-state index in [0.29, 0.717) is 13.0 Å². The molecule has 6 heteroatoms. The van der Waals surface area contributed by atoms with E-state index in [-0.39, 0.29) is 11.3 Å². The van der Waals surface area contributed by atoms with Crippen LogP contribution in [0.15, 0.2) is 24.3 Å². The van der Waals surface area contributed by atoms with E-state index in [2.05, 4.69) is 5.32 Å². The van der Waals surface area contributed by atoms with Crippen molar-refractivity contribution < 1.29 is 17.7 Å². The van der Waals surface area contributed by atoms with E-state index >= 15 is 0 Å². The van der Waals surface area contributed by atoms with Gasteiger partial charge < -0.3 is 10.1 Å². The summed E-state index contributed by atoms with van der Waals surface area (Å²) >= 11 is 0. The third-order valence-corrected chi connectivity index (χ3v) is 3.81. The third kappa shape index (κ3) is 6.36. The second kappa shape index (κ2) is 7.06. The zero-order valence-electron chi connectivity index (χ0n) is 12.2. The van der Waals surface area contributed by atoms with Crippen LogP contribution in [0.1, 0.15) is 25.8 Å². The molecule has 0 saturated heterocycles. The van der Waals surface area contributed by atoms with E-state index in [1.807, 2.05) is 38.1 Å². The maximum atomic E-state index is 10.6. The van der Waals surface area contributed by atoms with Gasteiger partial charge in [-0.05, 0) is 44.9 Å². The highest BCUT2D eigenvalue weighted by Crippen LogP contribution is 2.22. The summed E-state index contributed by atoms with van der Waals surface area (Å²) in [4.78, 5) is 0. The molecule has 1 rings (SSSR count). The minimum absolute atomic E-state index is 0.187. The predicted octanol–water partition coefficient (Wildman–Crippen LogP) is 1.88. The topological polar surface area (TPSA) is 75.6 Å². The zero-order chi connectivity index (χ0) is 15.2. The number of rotatable bonds is 8. The molecule has 2 N–H and O–H groups in total. The van der Waals surface area contributed by atoms with Crippen LogP contribution in [0.25, 0.3) is 0 Å². The standard InChI is InChI=1S/C14H23NO4S/c1-14(2,15-9-6-10-20(16,17)18)11-12-7-4-5-8-13(12)19-3/h4-5,7-8,15H,6,9-11H2,1-3H3,(H,16,17,18). The molecule has 0 radical (unpaired) electrons. The summed E-state index contributed by atoms with van der Waals surface area (Å²) in [7, 11) is -2.23. The Morgan fingerprint density at radius 2 is 1.95 bits per heavy atom. The molecule has 0 aliphatic rings. The molecule has 0 bridgehead atoms. The summed E-state index contributed by atoms with van der Waals surface area (Å²) in [6.45, 7) is 4.63. The van der Waals surface area contributed by atoms with E-state index in [1.165, 1.54) is 0 Å². The molecule has 0 heterocycles. The Morgan fingerprint density at radius 1 is 1.30 bits per heavy atom. The predicted molar refractivity (Wildman–Crippen MR) is 79.8 cm³/mol. The van der Waals surface area contributed by atoms with Gasteiger partial charge in [0.25, 0.3) is 10.1 Å². The maximum Gasteiger partial charge on any atom is 0.264 e. The van der Waals surface area contributed by atoms with Gasteiger partial charge in [-0.2, -0.15) is 8.42 Å². The second-order valence-electron chi connectivity index (χ2n) is 5.44. The summed E-state index contributed by atoms with van der Waals surface area (Å²) in [5.74, 6) is 0.630. The maximum absolute atomic E-state index is 10.6. The molecule has 20 heavy (non-hydrogen) atoms. The van der Waals surface area contributed by atoms with Crippen LogP contribution >= 0.6 is 0 Å². The largest absolute Gasteiger partial charge is 0.496 e. The molecular formula is C14H23NO4S. The van der Waals surface area contributed by atoms with Gasteiger partial charge in [-0.25, -0.2) is 0 Å². The SMILES string of the molecule is COc1ccccc1CC(C)(C)NCCCS(=O)(=O)O. The molecule has 0 aromatic heterocycles. The van der Waals surface area contributed by atoms with Gasteiger partial charge in [0.15, 0.2) is 0 Å². The molecule has 0 aliphatic heterocycles. The van der Waals surface area contributed by atoms with Gasteiger partial charge in [0.05, 0.1) is 12.9 Å². The molecule has 1 aromatic carbocycles. The lowest BCUT2D eigenvalue weighted by atomic mass is 9.94. The lowest BCUT2D eigenvalue weighted by Crippen LogP contribution is -2.42. The monoisotopic (exact) mass is 301 g/mol. The molecule has 0 spiro atoms. The Hall–Kier alpha value is -1.11. The van der Waals surface area contributed by atoms with E-state index in [1.54, 1.807) is 7.11 Å². The van der Waals surface area contributed by atoms with E-state index in [0.717, 1.165) is 17.7 Å². The first-order valence-corrected chi connectivity index (χ1v) is 8.16. The van der Waals surface area contributed by atoms with Crippen LogP contribution in [0.3, 0.4) is 0 Å². The van der Waals surface area contributed by atoms with Crippen LogP contribution in [-0.4, -0.2) is 37.9 Å². The number of ether oxygens (including phenoxy) is 1. The molecule has 114 valence electrons. The third-order valence-electron chi connectivity index (χ3n) is 3.01. The normalized spacial score (nSPS) is 12.4. The number of methoxy groups -OCH3 is 1. The summed E-state index contributed by atoms with van der Waals surface area (Å²) in [6.07, 6.45) is 1.15. The highest BCUT2D eigenvalue weighted by atomic mass is 32.2. The van der Waals surface area contributed by atoms with Gasteiger partial charge in [0, 0.05) is 5.54 Å². The minimum Gasteiger partial charge on any atom is -0.496 e. The lowest BCUT2D eigenvalue weighted by Gasteiger charge is -2.27. The number of benzene rings is 1. The number of hydrogen-bond acceptors (Lipinski definition) is 4. The summed E-state index contributed by atoms with van der Waals surface area (Å²) in [5, 5.41) is 3.30. The van der Waals surface area contributed by atoms with Crippen molar-refractivity contribution in [2.24, 2.45) is 0 Å². The Kier molecular flexibility index (Phi) is 5.98. The van der Waals surface area contributed by atoms with Crippen molar-refractivity contribution in [3.63, 3.8) is 0 Å². The fraction of sp³-hybridized carbons (Fsp3) is 0.571.